The molecular weight excluding hydrogens is 258 g/mol. The van der Waals surface area contributed by atoms with E-state index in [1.165, 1.54) is 0 Å². The van der Waals surface area contributed by atoms with E-state index in [9.17, 15) is 9.59 Å². The molecule has 1 aromatic rings. The molecule has 1 aromatic heterocycles. The monoisotopic (exact) mass is 277 g/mol. The second-order valence-electron chi connectivity index (χ2n) is 5.17. The predicted octanol–water partition coefficient (Wildman–Crippen LogP) is 1.44. The average Bonchev–Trinajstić information content (AvgIpc) is 2.86. The van der Waals surface area contributed by atoms with Crippen LogP contribution in [0.25, 0.3) is 0 Å². The maximum Gasteiger partial charge on any atom is 0.315 e. The second kappa shape index (κ2) is 6.36. The summed E-state index contributed by atoms with van der Waals surface area (Å²) < 4.78 is 0. The molecule has 2 atom stereocenters. The molecule has 0 bridgehead atoms. The van der Waals surface area contributed by atoms with Crippen LogP contribution in [0, 0.1) is 12.8 Å². The molecule has 6 nitrogen and oxygen atoms in total. The highest BCUT2D eigenvalue weighted by molar-refractivity contribution is 5.75. The summed E-state index contributed by atoms with van der Waals surface area (Å²) in [6.07, 6.45) is 5.30. The standard InChI is InChI=1S/C14H19N3O3/c1-9-7-15-5-4-11(9)8-16-14(20)17-12-3-2-10(6-12)13(18)19/h4-5,7,10,12H,2-3,6,8H2,1H3,(H,18,19)(H2,16,17,20). The average molecular weight is 277 g/mol. The van der Waals surface area contributed by atoms with Gasteiger partial charge < -0.3 is 15.7 Å². The van der Waals surface area contributed by atoms with Gasteiger partial charge in [0.05, 0.1) is 5.92 Å². The molecule has 2 rings (SSSR count). The van der Waals surface area contributed by atoms with Crippen molar-refractivity contribution in [1.29, 1.82) is 0 Å². The first-order valence-corrected chi connectivity index (χ1v) is 6.73. The molecule has 1 aliphatic carbocycles. The third-order valence-corrected chi connectivity index (χ3v) is 3.69. The molecule has 0 aromatic carbocycles. The normalized spacial score (nSPS) is 21.4. The van der Waals surface area contributed by atoms with E-state index in [0.29, 0.717) is 19.4 Å². The number of nitrogens with zero attached hydrogens (tertiary/aromatic N) is 1. The number of aliphatic carboxylic acids is 1. The number of aromatic nitrogens is 1. The maximum atomic E-state index is 11.8. The zero-order valence-corrected chi connectivity index (χ0v) is 11.4. The fourth-order valence-electron chi connectivity index (χ4n) is 2.45. The van der Waals surface area contributed by atoms with Crippen LogP contribution < -0.4 is 10.6 Å². The minimum atomic E-state index is -0.776. The summed E-state index contributed by atoms with van der Waals surface area (Å²) >= 11 is 0. The summed E-state index contributed by atoms with van der Waals surface area (Å²) in [4.78, 5) is 26.6. The van der Waals surface area contributed by atoms with Crippen molar-refractivity contribution in [2.75, 3.05) is 0 Å². The van der Waals surface area contributed by atoms with E-state index < -0.39 is 5.97 Å². The van der Waals surface area contributed by atoms with Crippen LogP contribution in [0.4, 0.5) is 4.79 Å². The van der Waals surface area contributed by atoms with Crippen molar-refractivity contribution in [1.82, 2.24) is 15.6 Å². The lowest BCUT2D eigenvalue weighted by atomic mass is 10.1. The van der Waals surface area contributed by atoms with Gasteiger partial charge in [0, 0.05) is 25.0 Å². The minimum absolute atomic E-state index is 0.0466. The Labute approximate surface area is 117 Å². The second-order valence-corrected chi connectivity index (χ2v) is 5.17. The first-order valence-electron chi connectivity index (χ1n) is 6.73. The Hall–Kier alpha value is -2.11. The largest absolute Gasteiger partial charge is 0.481 e. The van der Waals surface area contributed by atoms with Crippen LogP contribution in [0.5, 0.6) is 0 Å². The van der Waals surface area contributed by atoms with Crippen LogP contribution in [0.1, 0.15) is 30.4 Å². The molecule has 1 aliphatic rings. The first kappa shape index (κ1) is 14.3. The molecule has 1 fully saturated rings. The van der Waals surface area contributed by atoms with Crippen LogP contribution in [0.15, 0.2) is 18.5 Å². The first-order chi connectivity index (χ1) is 9.56. The summed E-state index contributed by atoms with van der Waals surface area (Å²) in [5.74, 6) is -1.11. The third-order valence-electron chi connectivity index (χ3n) is 3.69. The molecule has 0 aliphatic heterocycles. The van der Waals surface area contributed by atoms with Gasteiger partial charge in [0.1, 0.15) is 0 Å². The van der Waals surface area contributed by atoms with Gasteiger partial charge in [-0.15, -0.1) is 0 Å². The number of amides is 2. The number of rotatable bonds is 4. The number of urea groups is 1. The van der Waals surface area contributed by atoms with Gasteiger partial charge in [0.2, 0.25) is 0 Å². The van der Waals surface area contributed by atoms with Gasteiger partial charge in [-0.1, -0.05) is 0 Å². The zero-order valence-electron chi connectivity index (χ0n) is 11.4. The molecule has 0 saturated heterocycles. The van der Waals surface area contributed by atoms with Crippen LogP contribution in [0.2, 0.25) is 0 Å². The molecular formula is C14H19N3O3. The Morgan fingerprint density at radius 2 is 2.25 bits per heavy atom. The maximum absolute atomic E-state index is 11.8. The van der Waals surface area contributed by atoms with Crippen LogP contribution in [-0.2, 0) is 11.3 Å². The highest BCUT2D eigenvalue weighted by atomic mass is 16.4. The summed E-state index contributed by atoms with van der Waals surface area (Å²) in [7, 11) is 0. The van der Waals surface area contributed by atoms with Gasteiger partial charge in [0.15, 0.2) is 0 Å². The van der Waals surface area contributed by atoms with E-state index in [1.807, 2.05) is 13.0 Å². The molecule has 1 heterocycles. The summed E-state index contributed by atoms with van der Waals surface area (Å²) in [6.45, 7) is 2.38. The third kappa shape index (κ3) is 3.69. The molecule has 2 unspecified atom stereocenters. The van der Waals surface area contributed by atoms with Gasteiger partial charge in [-0.2, -0.15) is 0 Å². The van der Waals surface area contributed by atoms with Crippen molar-refractivity contribution >= 4 is 12.0 Å². The lowest BCUT2D eigenvalue weighted by Gasteiger charge is -2.14. The van der Waals surface area contributed by atoms with Gasteiger partial charge in [0.25, 0.3) is 0 Å². The quantitative estimate of drug-likeness (QED) is 0.776. The van der Waals surface area contributed by atoms with Gasteiger partial charge in [-0.05, 0) is 43.4 Å². The molecule has 2 amide bonds. The molecule has 0 spiro atoms. The van der Waals surface area contributed by atoms with E-state index >= 15 is 0 Å². The van der Waals surface area contributed by atoms with E-state index in [0.717, 1.165) is 17.5 Å². The van der Waals surface area contributed by atoms with Gasteiger partial charge >= 0.3 is 12.0 Å². The molecule has 1 saturated carbocycles. The SMILES string of the molecule is Cc1cnccc1CNC(=O)NC1CCC(C(=O)O)C1. The van der Waals surface area contributed by atoms with Gasteiger partial charge in [-0.25, -0.2) is 4.79 Å². The van der Waals surface area contributed by atoms with E-state index in [4.69, 9.17) is 5.11 Å². The number of carbonyl (C=O) groups excluding carboxylic acids is 1. The summed E-state index contributed by atoms with van der Waals surface area (Å²) in [5, 5.41) is 14.5. The summed E-state index contributed by atoms with van der Waals surface area (Å²) in [6, 6.07) is 1.57. The lowest BCUT2D eigenvalue weighted by Crippen LogP contribution is -2.40. The number of aryl methyl sites for hydroxylation is 1. The smallest absolute Gasteiger partial charge is 0.315 e. The Balaban J connectivity index is 1.77. The molecule has 108 valence electrons. The number of hydrogen-bond acceptors (Lipinski definition) is 3. The van der Waals surface area contributed by atoms with Gasteiger partial charge in [-0.3, -0.25) is 9.78 Å². The number of carboxylic acids is 1. The van der Waals surface area contributed by atoms with Crippen molar-refractivity contribution in [3.05, 3.63) is 29.6 Å². The molecule has 3 N–H and O–H groups in total. The highest BCUT2D eigenvalue weighted by Crippen LogP contribution is 2.25. The van der Waals surface area contributed by atoms with Crippen molar-refractivity contribution in [2.45, 2.75) is 38.8 Å². The number of pyridine rings is 1. The van der Waals surface area contributed by atoms with Crippen molar-refractivity contribution in [3.8, 4) is 0 Å². The van der Waals surface area contributed by atoms with Crippen molar-refractivity contribution in [3.63, 3.8) is 0 Å². The van der Waals surface area contributed by atoms with E-state index in [2.05, 4.69) is 15.6 Å². The van der Waals surface area contributed by atoms with E-state index in [1.54, 1.807) is 12.4 Å². The number of carbonyl (C=O) groups is 2. The summed E-state index contributed by atoms with van der Waals surface area (Å²) in [5.41, 5.74) is 2.05. The number of hydrogen-bond donors (Lipinski definition) is 3. The van der Waals surface area contributed by atoms with Crippen LogP contribution >= 0.6 is 0 Å². The topological polar surface area (TPSA) is 91.3 Å². The lowest BCUT2D eigenvalue weighted by molar-refractivity contribution is -0.141. The number of carboxylic acid groups (broad SMARTS) is 1. The van der Waals surface area contributed by atoms with Crippen molar-refractivity contribution in [2.24, 2.45) is 5.92 Å². The molecule has 20 heavy (non-hydrogen) atoms. The Morgan fingerprint density at radius 1 is 1.45 bits per heavy atom. The van der Waals surface area contributed by atoms with E-state index in [-0.39, 0.29) is 18.0 Å². The fourth-order valence-corrected chi connectivity index (χ4v) is 2.45. The fraction of sp³-hybridized carbons (Fsp3) is 0.500. The van der Waals surface area contributed by atoms with Crippen molar-refractivity contribution < 1.29 is 14.7 Å². The highest BCUT2D eigenvalue weighted by Gasteiger charge is 2.30. The Morgan fingerprint density at radius 3 is 2.90 bits per heavy atom. The minimum Gasteiger partial charge on any atom is -0.481 e. The van der Waals surface area contributed by atoms with Crippen LogP contribution in [-0.4, -0.2) is 28.1 Å². The molecule has 0 radical (unpaired) electrons. The molecule has 6 heteroatoms. The Kier molecular flexibility index (Phi) is 4.55. The van der Waals surface area contributed by atoms with Crippen LogP contribution in [0.3, 0.4) is 0 Å². The zero-order chi connectivity index (χ0) is 14.5. The predicted molar refractivity (Wildman–Crippen MR) is 73.1 cm³/mol. The Bertz CT molecular complexity index is 504. The number of nitrogens with one attached hydrogen (secondary N) is 2.